The van der Waals surface area contributed by atoms with Crippen LogP contribution in [0.1, 0.15) is 12.5 Å². The Morgan fingerprint density at radius 1 is 1.44 bits per heavy atom. The highest BCUT2D eigenvalue weighted by atomic mass is 16.5. The lowest BCUT2D eigenvalue weighted by Crippen LogP contribution is -2.22. The molecule has 0 bridgehead atoms. The van der Waals surface area contributed by atoms with E-state index < -0.39 is 0 Å². The zero-order chi connectivity index (χ0) is 11.8. The fourth-order valence-corrected chi connectivity index (χ4v) is 1.08. The molecule has 1 unspecified atom stereocenters. The minimum atomic E-state index is 0.248. The molecule has 0 aliphatic carbocycles. The molecule has 1 atom stereocenters. The van der Waals surface area contributed by atoms with E-state index in [-0.39, 0.29) is 6.04 Å². The van der Waals surface area contributed by atoms with E-state index in [1.807, 2.05) is 44.5 Å². The number of carbonyl (C=O) groups excluding carboxylic acids is 1. The topological polar surface area (TPSA) is 50.7 Å². The van der Waals surface area contributed by atoms with Crippen LogP contribution in [0.15, 0.2) is 29.3 Å². The van der Waals surface area contributed by atoms with Crippen molar-refractivity contribution in [1.82, 2.24) is 5.32 Å². The molecule has 1 N–H and O–H groups in total. The van der Waals surface area contributed by atoms with Crippen molar-refractivity contribution in [1.29, 1.82) is 0 Å². The molecule has 0 saturated carbocycles. The summed E-state index contributed by atoms with van der Waals surface area (Å²) in [5.41, 5.74) is 1.84. The molecule has 0 aliphatic heterocycles. The maximum Gasteiger partial charge on any atom is 0.293 e. The summed E-state index contributed by atoms with van der Waals surface area (Å²) < 4.78 is 4.65. The van der Waals surface area contributed by atoms with Gasteiger partial charge in [0.05, 0.1) is 5.69 Å². The minimum absolute atomic E-state index is 0.248. The second kappa shape index (κ2) is 6.74. The van der Waals surface area contributed by atoms with Crippen molar-refractivity contribution in [3.63, 3.8) is 0 Å². The third kappa shape index (κ3) is 4.23. The summed E-state index contributed by atoms with van der Waals surface area (Å²) in [6.07, 6.45) is 1.84. The predicted octanol–water partition coefficient (Wildman–Crippen LogP) is 1.67. The Hall–Kier alpha value is -1.68. The standard InChI is InChI=1S/C12H16N2O2/c1-10(13-2)7-14-12-5-3-11(4-6-12)8-16-9-15/h3-7,9-10,13H,8H2,1-2H3/b14-7+. The molecule has 1 aromatic carbocycles. The van der Waals surface area contributed by atoms with E-state index in [2.05, 4.69) is 15.0 Å². The van der Waals surface area contributed by atoms with E-state index >= 15 is 0 Å². The van der Waals surface area contributed by atoms with E-state index in [1.54, 1.807) is 0 Å². The molecule has 4 heteroatoms. The first kappa shape index (κ1) is 12.4. The smallest absolute Gasteiger partial charge is 0.293 e. The minimum Gasteiger partial charge on any atom is -0.463 e. The Morgan fingerprint density at radius 3 is 2.69 bits per heavy atom. The maximum atomic E-state index is 10.0. The number of nitrogens with zero attached hydrogens (tertiary/aromatic N) is 1. The molecule has 4 nitrogen and oxygen atoms in total. The van der Waals surface area contributed by atoms with Crippen LogP contribution in [0.2, 0.25) is 0 Å². The van der Waals surface area contributed by atoms with Crippen LogP contribution in [0.4, 0.5) is 5.69 Å². The van der Waals surface area contributed by atoms with Gasteiger partial charge in [-0.15, -0.1) is 0 Å². The van der Waals surface area contributed by atoms with Gasteiger partial charge >= 0.3 is 0 Å². The summed E-state index contributed by atoms with van der Waals surface area (Å²) in [6.45, 7) is 2.77. The van der Waals surface area contributed by atoms with Crippen LogP contribution in [-0.4, -0.2) is 25.8 Å². The van der Waals surface area contributed by atoms with Gasteiger partial charge < -0.3 is 10.1 Å². The number of hydrogen-bond donors (Lipinski definition) is 1. The zero-order valence-electron chi connectivity index (χ0n) is 9.51. The number of ether oxygens (including phenoxy) is 1. The Labute approximate surface area is 95.3 Å². The number of benzene rings is 1. The van der Waals surface area contributed by atoms with Gasteiger partial charge in [-0.05, 0) is 31.7 Å². The predicted molar refractivity (Wildman–Crippen MR) is 64.0 cm³/mol. The fraction of sp³-hybridized carbons (Fsp3) is 0.333. The highest BCUT2D eigenvalue weighted by Gasteiger charge is 1.94. The molecule has 0 radical (unpaired) electrons. The average molecular weight is 220 g/mol. The van der Waals surface area contributed by atoms with Crippen LogP contribution in [-0.2, 0) is 16.1 Å². The van der Waals surface area contributed by atoms with E-state index in [0.29, 0.717) is 13.1 Å². The largest absolute Gasteiger partial charge is 0.463 e. The summed E-state index contributed by atoms with van der Waals surface area (Å²) in [7, 11) is 1.89. The summed E-state index contributed by atoms with van der Waals surface area (Å²) in [5, 5.41) is 3.07. The van der Waals surface area contributed by atoms with Crippen LogP contribution in [0.25, 0.3) is 0 Å². The quantitative estimate of drug-likeness (QED) is 0.586. The molecule has 0 amide bonds. The summed E-state index contributed by atoms with van der Waals surface area (Å²) in [4.78, 5) is 14.3. The zero-order valence-corrected chi connectivity index (χ0v) is 9.51. The van der Waals surface area contributed by atoms with Gasteiger partial charge in [-0.2, -0.15) is 0 Å². The second-order valence-electron chi connectivity index (χ2n) is 3.43. The number of rotatable bonds is 6. The Bertz CT molecular complexity index is 347. The molecule has 1 rings (SSSR count). The van der Waals surface area contributed by atoms with Crippen LogP contribution in [0.5, 0.6) is 0 Å². The van der Waals surface area contributed by atoms with Gasteiger partial charge in [0.1, 0.15) is 6.61 Å². The molecule has 1 aromatic rings. The summed E-state index contributed by atoms with van der Waals surface area (Å²) in [5.74, 6) is 0. The first-order valence-corrected chi connectivity index (χ1v) is 5.12. The van der Waals surface area contributed by atoms with Crippen molar-refractivity contribution >= 4 is 18.4 Å². The second-order valence-corrected chi connectivity index (χ2v) is 3.43. The first-order chi connectivity index (χ1) is 7.76. The van der Waals surface area contributed by atoms with Crippen molar-refractivity contribution in [2.24, 2.45) is 4.99 Å². The van der Waals surface area contributed by atoms with Crippen LogP contribution < -0.4 is 5.32 Å². The molecule has 0 aromatic heterocycles. The third-order valence-corrected chi connectivity index (χ3v) is 2.16. The van der Waals surface area contributed by atoms with Crippen LogP contribution >= 0.6 is 0 Å². The van der Waals surface area contributed by atoms with Crippen LogP contribution in [0.3, 0.4) is 0 Å². The number of carbonyl (C=O) groups is 1. The van der Waals surface area contributed by atoms with Crippen LogP contribution in [0, 0.1) is 0 Å². The number of aliphatic imine (C=N–C) groups is 1. The van der Waals surface area contributed by atoms with Gasteiger partial charge in [0, 0.05) is 12.3 Å². The lowest BCUT2D eigenvalue weighted by molar-refractivity contribution is -0.129. The number of nitrogens with one attached hydrogen (secondary N) is 1. The first-order valence-electron chi connectivity index (χ1n) is 5.12. The normalized spacial score (nSPS) is 12.6. The fourth-order valence-electron chi connectivity index (χ4n) is 1.08. The van der Waals surface area contributed by atoms with Gasteiger partial charge in [-0.1, -0.05) is 12.1 Å². The molecule has 0 heterocycles. The lowest BCUT2D eigenvalue weighted by atomic mass is 10.2. The van der Waals surface area contributed by atoms with Gasteiger partial charge in [-0.3, -0.25) is 9.79 Å². The van der Waals surface area contributed by atoms with Crippen molar-refractivity contribution in [3.8, 4) is 0 Å². The van der Waals surface area contributed by atoms with Gasteiger partial charge in [0.15, 0.2) is 0 Å². The molecular formula is C12H16N2O2. The Balaban J connectivity index is 2.57. The monoisotopic (exact) mass is 220 g/mol. The van der Waals surface area contributed by atoms with Crippen molar-refractivity contribution in [3.05, 3.63) is 29.8 Å². The SMILES string of the molecule is CNC(C)/C=N/c1ccc(COC=O)cc1. The van der Waals surface area contributed by atoms with Crippen molar-refractivity contribution < 1.29 is 9.53 Å². The van der Waals surface area contributed by atoms with E-state index in [9.17, 15) is 4.79 Å². The van der Waals surface area contributed by atoms with Gasteiger partial charge in [0.2, 0.25) is 0 Å². The third-order valence-electron chi connectivity index (χ3n) is 2.16. The maximum absolute atomic E-state index is 10.0. The molecule has 0 spiro atoms. The molecule has 86 valence electrons. The summed E-state index contributed by atoms with van der Waals surface area (Å²) >= 11 is 0. The van der Waals surface area contributed by atoms with E-state index in [1.165, 1.54) is 0 Å². The van der Waals surface area contributed by atoms with E-state index in [0.717, 1.165) is 11.3 Å². The number of hydrogen-bond acceptors (Lipinski definition) is 4. The molecule has 0 aliphatic rings. The average Bonchev–Trinajstić information content (AvgIpc) is 2.34. The molecule has 0 fully saturated rings. The van der Waals surface area contributed by atoms with Gasteiger partial charge in [-0.25, -0.2) is 0 Å². The Kier molecular flexibility index (Phi) is 5.22. The lowest BCUT2D eigenvalue weighted by Gasteiger charge is -2.02. The molecule has 0 saturated heterocycles. The highest BCUT2D eigenvalue weighted by Crippen LogP contribution is 2.13. The van der Waals surface area contributed by atoms with Crippen molar-refractivity contribution in [2.45, 2.75) is 19.6 Å². The van der Waals surface area contributed by atoms with Gasteiger partial charge in [0.25, 0.3) is 6.47 Å². The van der Waals surface area contributed by atoms with Crippen molar-refractivity contribution in [2.75, 3.05) is 7.05 Å². The summed E-state index contributed by atoms with van der Waals surface area (Å²) in [6, 6.07) is 7.81. The van der Waals surface area contributed by atoms with E-state index in [4.69, 9.17) is 0 Å². The molecule has 16 heavy (non-hydrogen) atoms. The Morgan fingerprint density at radius 2 is 2.12 bits per heavy atom. The molecular weight excluding hydrogens is 204 g/mol. The highest BCUT2D eigenvalue weighted by molar-refractivity contribution is 5.68.